The lowest BCUT2D eigenvalue weighted by Crippen LogP contribution is -2.40. The molecule has 0 spiro atoms. The van der Waals surface area contributed by atoms with E-state index in [9.17, 15) is 22.8 Å². The van der Waals surface area contributed by atoms with E-state index in [1.54, 1.807) is 23.6 Å². The Morgan fingerprint density at radius 2 is 1.97 bits per heavy atom. The van der Waals surface area contributed by atoms with Crippen LogP contribution in [-0.2, 0) is 11.2 Å². The number of fused-ring (bicyclic) bond motifs is 1. The molecule has 1 N–H and O–H groups in total. The van der Waals surface area contributed by atoms with Crippen LogP contribution < -0.4 is 5.32 Å². The van der Waals surface area contributed by atoms with Crippen molar-refractivity contribution in [3.8, 4) is 0 Å². The minimum atomic E-state index is -4.55. The third-order valence-corrected chi connectivity index (χ3v) is 7.54. The van der Waals surface area contributed by atoms with E-state index in [0.29, 0.717) is 47.3 Å². The fourth-order valence-electron chi connectivity index (χ4n) is 5.51. The first-order valence-electron chi connectivity index (χ1n) is 13.1. The predicted octanol–water partition coefficient (Wildman–Crippen LogP) is 5.15. The van der Waals surface area contributed by atoms with E-state index in [1.165, 1.54) is 18.5 Å². The second kappa shape index (κ2) is 10.4. The number of benzene rings is 1. The molecule has 0 saturated heterocycles. The molecule has 1 atom stereocenters. The number of halogens is 3. The number of ketones is 1. The predicted molar refractivity (Wildman–Crippen MR) is 142 cm³/mol. The molecule has 0 bridgehead atoms. The van der Waals surface area contributed by atoms with Gasteiger partial charge >= 0.3 is 6.18 Å². The fraction of sp³-hybridized carbons (Fsp3) is 0.414. The number of aliphatic imine (C=N–C) groups is 1. The van der Waals surface area contributed by atoms with Crippen molar-refractivity contribution < 1.29 is 22.8 Å². The van der Waals surface area contributed by atoms with E-state index in [4.69, 9.17) is 0 Å². The molecular formula is C29H30F3N5O2. The normalized spacial score (nSPS) is 19.8. The van der Waals surface area contributed by atoms with Gasteiger partial charge in [-0.2, -0.15) is 13.2 Å². The second-order valence-corrected chi connectivity index (χ2v) is 10.7. The topological polar surface area (TPSA) is 88.7 Å². The molecule has 39 heavy (non-hydrogen) atoms. The van der Waals surface area contributed by atoms with E-state index < -0.39 is 17.9 Å². The van der Waals surface area contributed by atoms with Crippen LogP contribution in [0.3, 0.4) is 0 Å². The molecule has 5 rings (SSSR count). The lowest BCUT2D eigenvalue weighted by atomic mass is 9.73. The first kappa shape index (κ1) is 26.8. The number of hydrogen-bond donors (Lipinski definition) is 1. The molecular weight excluding hydrogens is 507 g/mol. The third-order valence-electron chi connectivity index (χ3n) is 7.54. The van der Waals surface area contributed by atoms with Crippen LogP contribution in [0.25, 0.3) is 11.2 Å². The maximum absolute atomic E-state index is 13.4. The minimum Gasteiger partial charge on any atom is -0.343 e. The molecule has 7 nitrogen and oxygen atoms in total. The molecule has 1 saturated carbocycles. The molecule has 10 heteroatoms. The molecule has 2 aliphatic rings. The Balaban J connectivity index is 1.29. The summed E-state index contributed by atoms with van der Waals surface area (Å²) in [6.07, 6.45) is 4.43. The van der Waals surface area contributed by atoms with Gasteiger partial charge in [0.2, 0.25) is 0 Å². The highest BCUT2D eigenvalue weighted by molar-refractivity contribution is 6.27. The van der Waals surface area contributed by atoms with Crippen LogP contribution >= 0.6 is 0 Å². The molecule has 2 aromatic heterocycles. The van der Waals surface area contributed by atoms with Crippen LogP contribution in [0.2, 0.25) is 0 Å². The molecule has 0 unspecified atom stereocenters. The minimum absolute atomic E-state index is 0.00770. The fourth-order valence-corrected chi connectivity index (χ4v) is 5.51. The summed E-state index contributed by atoms with van der Waals surface area (Å²) >= 11 is 0. The summed E-state index contributed by atoms with van der Waals surface area (Å²) in [5.74, 6) is 0.849. The van der Waals surface area contributed by atoms with Crippen molar-refractivity contribution in [3.05, 3.63) is 70.9 Å². The van der Waals surface area contributed by atoms with E-state index in [-0.39, 0.29) is 23.8 Å². The van der Waals surface area contributed by atoms with Crippen LogP contribution in [0, 0.1) is 18.8 Å². The van der Waals surface area contributed by atoms with Crippen molar-refractivity contribution >= 4 is 28.6 Å². The van der Waals surface area contributed by atoms with Crippen LogP contribution in [0.15, 0.2) is 47.9 Å². The average Bonchev–Trinajstić information content (AvgIpc) is 3.50. The molecule has 1 aromatic carbocycles. The van der Waals surface area contributed by atoms with Crippen molar-refractivity contribution in [1.29, 1.82) is 0 Å². The van der Waals surface area contributed by atoms with Gasteiger partial charge < -0.3 is 5.32 Å². The maximum atomic E-state index is 13.4. The summed E-state index contributed by atoms with van der Waals surface area (Å²) in [5.41, 5.74) is 2.56. The first-order chi connectivity index (χ1) is 18.5. The zero-order valence-corrected chi connectivity index (χ0v) is 22.0. The van der Waals surface area contributed by atoms with Gasteiger partial charge in [0.15, 0.2) is 11.4 Å². The Morgan fingerprint density at radius 3 is 2.67 bits per heavy atom. The zero-order valence-electron chi connectivity index (χ0n) is 22.0. The lowest BCUT2D eigenvalue weighted by Gasteiger charge is -2.32. The smallest absolute Gasteiger partial charge is 0.343 e. The van der Waals surface area contributed by atoms with E-state index in [2.05, 4.69) is 27.2 Å². The Kier molecular flexibility index (Phi) is 7.13. The summed E-state index contributed by atoms with van der Waals surface area (Å²) in [7, 11) is 0. The SMILES string of the molecule is Cc1cc(Cc2nccn3c(C4=CCN=C4C(F)(F)F)cnc23)ccc1C(=O)N[C@H](C)C(=O)CC1CC(C)C1. The van der Waals surface area contributed by atoms with Crippen LogP contribution in [0.1, 0.15) is 66.0 Å². The highest BCUT2D eigenvalue weighted by atomic mass is 19.4. The van der Waals surface area contributed by atoms with Crippen LogP contribution in [-0.4, -0.2) is 50.5 Å². The largest absolute Gasteiger partial charge is 0.433 e. The number of rotatable bonds is 8. The number of alkyl halides is 3. The number of allylic oxidation sites excluding steroid dienone is 1. The Hall–Kier alpha value is -3.82. The van der Waals surface area contributed by atoms with Crippen molar-refractivity contribution in [2.45, 2.75) is 58.7 Å². The molecule has 1 aliphatic carbocycles. The number of nitrogens with zero attached hydrogens (tertiary/aromatic N) is 4. The number of amides is 1. The standard InChI is InChI=1S/C29H30F3N5O2/c1-16-10-20(11-16)14-25(38)18(3)36-28(39)21-5-4-19(12-17(21)2)13-23-27-35-15-24(37(27)9-8-33-23)22-6-7-34-26(22)29(30,31)32/h4-6,8-9,12,15-16,18,20H,7,10-11,13-14H2,1-3H3,(H,36,39)/t16?,18-,20?/m1/s1. The summed E-state index contributed by atoms with van der Waals surface area (Å²) < 4.78 is 41.9. The van der Waals surface area contributed by atoms with Crippen molar-refractivity contribution in [2.75, 3.05) is 6.54 Å². The summed E-state index contributed by atoms with van der Waals surface area (Å²) in [4.78, 5) is 37.8. The van der Waals surface area contributed by atoms with Gasteiger partial charge in [-0.15, -0.1) is 0 Å². The number of carbonyl (C=O) groups excluding carboxylic acids is 2. The van der Waals surface area contributed by atoms with E-state index in [1.807, 2.05) is 19.1 Å². The number of Topliss-reactive ketones (excluding diaryl/α,β-unsaturated/α-hetero) is 1. The number of aryl methyl sites for hydroxylation is 1. The average molecular weight is 538 g/mol. The van der Waals surface area contributed by atoms with Crippen molar-refractivity contribution in [1.82, 2.24) is 19.7 Å². The van der Waals surface area contributed by atoms with Crippen LogP contribution in [0.4, 0.5) is 13.2 Å². The Morgan fingerprint density at radius 1 is 1.21 bits per heavy atom. The molecule has 1 amide bonds. The molecule has 0 radical (unpaired) electrons. The zero-order chi connectivity index (χ0) is 27.9. The molecule has 3 heterocycles. The lowest BCUT2D eigenvalue weighted by molar-refractivity contribution is -0.122. The summed E-state index contributed by atoms with van der Waals surface area (Å²) in [6, 6.07) is 4.85. The van der Waals surface area contributed by atoms with Gasteiger partial charge in [0.1, 0.15) is 5.71 Å². The maximum Gasteiger partial charge on any atom is 0.433 e. The summed E-state index contributed by atoms with van der Waals surface area (Å²) in [6.45, 7) is 5.70. The van der Waals surface area contributed by atoms with Gasteiger partial charge in [0, 0.05) is 36.4 Å². The van der Waals surface area contributed by atoms with Gasteiger partial charge in [-0.25, -0.2) is 4.98 Å². The number of aromatic nitrogens is 3. The number of carbonyl (C=O) groups is 2. The van der Waals surface area contributed by atoms with Gasteiger partial charge in [-0.05, 0) is 55.7 Å². The molecule has 1 aliphatic heterocycles. The highest BCUT2D eigenvalue weighted by Crippen LogP contribution is 2.36. The van der Waals surface area contributed by atoms with Crippen molar-refractivity contribution in [3.63, 3.8) is 0 Å². The van der Waals surface area contributed by atoms with Crippen LogP contribution in [0.5, 0.6) is 0 Å². The Bertz CT molecular complexity index is 1500. The highest BCUT2D eigenvalue weighted by Gasteiger charge is 2.40. The van der Waals surface area contributed by atoms with Gasteiger partial charge in [-0.1, -0.05) is 25.1 Å². The Labute approximate surface area is 224 Å². The van der Waals surface area contributed by atoms with E-state index >= 15 is 0 Å². The quantitative estimate of drug-likeness (QED) is 0.430. The molecule has 204 valence electrons. The summed E-state index contributed by atoms with van der Waals surface area (Å²) in [5, 5.41) is 2.83. The monoisotopic (exact) mass is 537 g/mol. The first-order valence-corrected chi connectivity index (χ1v) is 13.1. The third kappa shape index (κ3) is 5.51. The second-order valence-electron chi connectivity index (χ2n) is 10.7. The molecule has 1 fully saturated rings. The van der Waals surface area contributed by atoms with Gasteiger partial charge in [0.25, 0.3) is 5.91 Å². The number of imidazole rings is 1. The van der Waals surface area contributed by atoms with E-state index in [0.717, 1.165) is 24.0 Å². The number of nitrogens with one attached hydrogen (secondary N) is 1. The van der Waals surface area contributed by atoms with Gasteiger partial charge in [-0.3, -0.25) is 24.0 Å². The number of hydrogen-bond acceptors (Lipinski definition) is 5. The molecule has 3 aromatic rings. The van der Waals surface area contributed by atoms with Crippen molar-refractivity contribution in [2.24, 2.45) is 16.8 Å². The van der Waals surface area contributed by atoms with Gasteiger partial charge in [0.05, 0.1) is 30.2 Å².